The minimum atomic E-state index is -0.784. The second-order valence-corrected chi connectivity index (χ2v) is 11.8. The van der Waals surface area contributed by atoms with Crippen LogP contribution in [0.5, 0.6) is 0 Å². The highest BCUT2D eigenvalue weighted by Crippen LogP contribution is 2.32. The zero-order valence-corrected chi connectivity index (χ0v) is 23.8. The van der Waals surface area contributed by atoms with E-state index < -0.39 is 11.9 Å². The zero-order chi connectivity index (χ0) is 28.2. The highest BCUT2D eigenvalue weighted by molar-refractivity contribution is 7.98. The zero-order valence-electron chi connectivity index (χ0n) is 21.5. The second-order valence-electron chi connectivity index (χ2n) is 9.27. The van der Waals surface area contributed by atoms with Crippen LogP contribution in [-0.2, 0) is 30.4 Å². The number of amides is 1. The summed E-state index contributed by atoms with van der Waals surface area (Å²) in [5.41, 5.74) is 8.72. The Kier molecular flexibility index (Phi) is 8.49. The minimum absolute atomic E-state index is 0.313. The molecule has 0 aliphatic carbocycles. The van der Waals surface area contributed by atoms with Gasteiger partial charge in [-0.2, -0.15) is 10.1 Å². The predicted octanol–water partition coefficient (Wildman–Crippen LogP) is 5.65. The van der Waals surface area contributed by atoms with Crippen LogP contribution in [-0.4, -0.2) is 25.2 Å². The van der Waals surface area contributed by atoms with Gasteiger partial charge in [0.25, 0.3) is 5.56 Å². The van der Waals surface area contributed by atoms with E-state index in [1.165, 1.54) is 23.9 Å². The smallest absolute Gasteiger partial charge is 0.277 e. The number of aryl methyl sites for hydroxylation is 1. The van der Waals surface area contributed by atoms with Crippen LogP contribution in [0.2, 0.25) is 5.02 Å². The summed E-state index contributed by atoms with van der Waals surface area (Å²) in [6.07, 6.45) is 5.84. The molecule has 3 aromatic heterocycles. The maximum Gasteiger partial charge on any atom is 0.277 e. The topological polar surface area (TPSA) is 95.8 Å². The molecule has 5 aromatic rings. The number of primary amides is 1. The molecule has 204 valence electrons. The molecule has 1 atom stereocenters. The first-order valence-corrected chi connectivity index (χ1v) is 14.5. The van der Waals surface area contributed by atoms with E-state index in [1.54, 1.807) is 52.2 Å². The van der Waals surface area contributed by atoms with Gasteiger partial charge in [-0.1, -0.05) is 47.6 Å². The van der Waals surface area contributed by atoms with Crippen molar-refractivity contribution in [2.45, 2.75) is 29.8 Å². The molecule has 40 heavy (non-hydrogen) atoms. The third kappa shape index (κ3) is 6.70. The van der Waals surface area contributed by atoms with Crippen LogP contribution in [0.15, 0.2) is 89.2 Å². The molecule has 0 aliphatic heterocycles. The molecule has 0 spiro atoms. The number of nitrogens with two attached hydrogens (primary N) is 1. The number of carbonyl (C=O) groups is 1. The Morgan fingerprint density at radius 2 is 1.82 bits per heavy atom. The lowest BCUT2D eigenvalue weighted by Crippen LogP contribution is -2.31. The average molecular weight is 594 g/mol. The summed E-state index contributed by atoms with van der Waals surface area (Å²) in [4.78, 5) is 32.3. The second kappa shape index (κ2) is 12.2. The van der Waals surface area contributed by atoms with Crippen LogP contribution in [0.4, 0.5) is 4.39 Å². The molecule has 2 aromatic carbocycles. The third-order valence-electron chi connectivity index (χ3n) is 6.27. The van der Waals surface area contributed by atoms with E-state index >= 15 is 0 Å². The molecule has 0 saturated heterocycles. The Balaban J connectivity index is 1.48. The number of rotatable bonds is 10. The highest BCUT2D eigenvalue weighted by Gasteiger charge is 2.24. The number of hydrogen-bond acceptors (Lipinski definition) is 6. The van der Waals surface area contributed by atoms with Gasteiger partial charge in [0.15, 0.2) is 5.16 Å². The Labute approximate surface area is 243 Å². The van der Waals surface area contributed by atoms with E-state index in [2.05, 4.69) is 10.1 Å². The van der Waals surface area contributed by atoms with Gasteiger partial charge in [0.05, 0.1) is 6.20 Å². The van der Waals surface area contributed by atoms with E-state index in [0.717, 1.165) is 26.4 Å². The van der Waals surface area contributed by atoms with Gasteiger partial charge in [0, 0.05) is 58.4 Å². The van der Waals surface area contributed by atoms with Gasteiger partial charge < -0.3 is 10.3 Å². The molecule has 0 radical (unpaired) electrons. The molecule has 0 saturated carbocycles. The number of thioether (sulfide) groups is 1. The molecular weight excluding hydrogens is 569 g/mol. The molecule has 0 fully saturated rings. The number of carbonyl (C=O) groups excluding carboxylic acids is 1. The number of benzene rings is 2. The number of thiophene rings is 1. The lowest BCUT2D eigenvalue weighted by atomic mass is 10.1. The van der Waals surface area contributed by atoms with Crippen molar-refractivity contribution in [1.82, 2.24) is 19.3 Å². The van der Waals surface area contributed by atoms with Crippen LogP contribution in [0.25, 0.3) is 10.4 Å². The van der Waals surface area contributed by atoms with Crippen molar-refractivity contribution < 1.29 is 9.18 Å². The van der Waals surface area contributed by atoms with Gasteiger partial charge in [0.1, 0.15) is 11.9 Å². The van der Waals surface area contributed by atoms with Crippen molar-refractivity contribution >= 4 is 40.6 Å². The monoisotopic (exact) mass is 593 g/mol. The molecule has 5 rings (SSSR count). The van der Waals surface area contributed by atoms with Crippen molar-refractivity contribution in [3.63, 3.8) is 0 Å². The molecular formula is C29H25ClFN5O2S2. The molecule has 11 heteroatoms. The van der Waals surface area contributed by atoms with E-state index in [1.807, 2.05) is 42.6 Å². The van der Waals surface area contributed by atoms with Crippen LogP contribution < -0.4 is 11.3 Å². The lowest BCUT2D eigenvalue weighted by Gasteiger charge is -2.21. The maximum absolute atomic E-state index is 13.4. The fourth-order valence-electron chi connectivity index (χ4n) is 4.24. The van der Waals surface area contributed by atoms with Gasteiger partial charge in [-0.15, -0.1) is 11.3 Å². The Hall–Kier alpha value is -3.73. The molecule has 0 aliphatic rings. The summed E-state index contributed by atoms with van der Waals surface area (Å²) in [7, 11) is 1.80. The van der Waals surface area contributed by atoms with Crippen molar-refractivity contribution in [2.75, 3.05) is 0 Å². The predicted molar refractivity (Wildman–Crippen MR) is 157 cm³/mol. The first-order chi connectivity index (χ1) is 19.2. The van der Waals surface area contributed by atoms with Crippen molar-refractivity contribution in [1.29, 1.82) is 0 Å². The molecule has 2 N–H and O–H groups in total. The average Bonchev–Trinajstić information content (AvgIpc) is 3.57. The van der Waals surface area contributed by atoms with Gasteiger partial charge in [-0.25, -0.2) is 4.39 Å². The summed E-state index contributed by atoms with van der Waals surface area (Å²) >= 11 is 8.89. The highest BCUT2D eigenvalue weighted by atomic mass is 35.5. The first-order valence-electron chi connectivity index (χ1n) is 12.4. The van der Waals surface area contributed by atoms with Crippen LogP contribution in [0.3, 0.4) is 0 Å². The summed E-state index contributed by atoms with van der Waals surface area (Å²) in [5, 5.41) is 5.20. The SMILES string of the molecule is Cn1cc(Cc2cn(C(Cc3ccc(-c4ccc(Cl)cc4)s3)C(N)=O)c(SCc3ccc(F)cc3)nc2=O)cn1. The Bertz CT molecular complexity index is 1700. The lowest BCUT2D eigenvalue weighted by molar-refractivity contribution is -0.121. The van der Waals surface area contributed by atoms with Crippen LogP contribution in [0.1, 0.15) is 27.6 Å². The molecule has 0 bridgehead atoms. The van der Waals surface area contributed by atoms with E-state index in [0.29, 0.717) is 34.3 Å². The fraction of sp³-hybridized carbons (Fsp3) is 0.172. The Morgan fingerprint density at radius 1 is 1.07 bits per heavy atom. The largest absolute Gasteiger partial charge is 0.368 e. The summed E-state index contributed by atoms with van der Waals surface area (Å²) in [6, 6.07) is 16.9. The van der Waals surface area contributed by atoms with Gasteiger partial charge >= 0.3 is 0 Å². The molecule has 7 nitrogen and oxygen atoms in total. The summed E-state index contributed by atoms with van der Waals surface area (Å²) in [5.74, 6) is -0.436. The van der Waals surface area contributed by atoms with Gasteiger partial charge in [0.2, 0.25) is 5.91 Å². The first kappa shape index (κ1) is 27.8. The molecule has 3 heterocycles. The van der Waals surface area contributed by atoms with E-state index in [-0.39, 0.29) is 11.4 Å². The summed E-state index contributed by atoms with van der Waals surface area (Å²) in [6.45, 7) is 0. The Morgan fingerprint density at radius 3 is 2.50 bits per heavy atom. The van der Waals surface area contributed by atoms with Gasteiger partial charge in [-0.3, -0.25) is 14.3 Å². The summed E-state index contributed by atoms with van der Waals surface area (Å²) < 4.78 is 16.8. The number of aromatic nitrogens is 4. The van der Waals surface area contributed by atoms with Crippen LogP contribution in [0, 0.1) is 5.82 Å². The standard InChI is InChI=1S/C29H25ClFN5O2S2/c1-35-15-19(14-33-35)12-21-16-36(29(34-28(21)38)39-17-18-2-8-23(31)9-3-18)25(27(32)37)13-24-10-11-26(40-24)20-4-6-22(30)7-5-20/h2-11,14-16,25H,12-13,17H2,1H3,(H2,32,37). The van der Waals surface area contributed by atoms with Crippen molar-refractivity contribution in [3.05, 3.63) is 122 Å². The third-order valence-corrected chi connectivity index (χ3v) is 8.72. The normalized spacial score (nSPS) is 12.0. The minimum Gasteiger partial charge on any atom is -0.368 e. The molecule has 1 unspecified atom stereocenters. The van der Waals surface area contributed by atoms with E-state index in [9.17, 15) is 14.0 Å². The van der Waals surface area contributed by atoms with Gasteiger partial charge in [-0.05, 0) is 53.1 Å². The fourth-order valence-corrected chi connectivity index (χ4v) is 6.38. The van der Waals surface area contributed by atoms with Crippen LogP contribution >= 0.6 is 34.7 Å². The van der Waals surface area contributed by atoms with Crippen molar-refractivity contribution in [3.8, 4) is 10.4 Å². The number of hydrogen-bond donors (Lipinski definition) is 1. The van der Waals surface area contributed by atoms with E-state index in [4.69, 9.17) is 17.3 Å². The quantitative estimate of drug-likeness (QED) is 0.167. The van der Waals surface area contributed by atoms with Crippen molar-refractivity contribution in [2.24, 2.45) is 12.8 Å². The number of nitrogens with zero attached hydrogens (tertiary/aromatic N) is 4. The maximum atomic E-state index is 13.4. The number of halogens is 2. The molecule has 1 amide bonds.